The third kappa shape index (κ3) is 2.61. The fraction of sp³-hybridized carbons (Fsp3) is 0.111. The summed E-state index contributed by atoms with van der Waals surface area (Å²) >= 11 is 6.29. The predicted octanol–water partition coefficient (Wildman–Crippen LogP) is 3.47. The number of halogens is 6. The maximum atomic E-state index is 13.2. The van der Waals surface area contributed by atoms with E-state index in [9.17, 15) is 22.0 Å². The Morgan fingerprint density at radius 3 is 1.89 bits per heavy atom. The van der Waals surface area contributed by atoms with Crippen molar-refractivity contribution in [2.45, 2.75) is 6.61 Å². The van der Waals surface area contributed by atoms with Crippen LogP contribution in [0.3, 0.4) is 0 Å². The van der Waals surface area contributed by atoms with Crippen LogP contribution >= 0.6 is 22.9 Å². The smallest absolute Gasteiger partial charge is 0.207 e. The summed E-state index contributed by atoms with van der Waals surface area (Å²) in [5, 5.41) is 6.96. The molecule has 0 unspecified atom stereocenters. The molecule has 0 saturated carbocycles. The second kappa shape index (κ2) is 5.25. The van der Waals surface area contributed by atoms with Crippen molar-refractivity contribution in [2.75, 3.05) is 0 Å². The molecule has 10 heteroatoms. The van der Waals surface area contributed by atoms with E-state index >= 15 is 0 Å². The zero-order valence-corrected chi connectivity index (χ0v) is 10.3. The molecule has 0 N–H and O–H groups in total. The Hall–Kier alpha value is -1.48. The average molecular weight is 317 g/mol. The van der Waals surface area contributed by atoms with Crippen LogP contribution in [0.5, 0.6) is 5.75 Å². The van der Waals surface area contributed by atoms with E-state index in [4.69, 9.17) is 11.6 Å². The van der Waals surface area contributed by atoms with E-state index in [0.29, 0.717) is 0 Å². The summed E-state index contributed by atoms with van der Waals surface area (Å²) < 4.78 is 69.4. The van der Waals surface area contributed by atoms with E-state index < -0.39 is 41.4 Å². The fourth-order valence-corrected chi connectivity index (χ4v) is 1.92. The summed E-state index contributed by atoms with van der Waals surface area (Å²) in [6.07, 6.45) is 0. The Morgan fingerprint density at radius 1 is 0.895 bits per heavy atom. The Bertz CT molecular complexity index is 606. The molecule has 0 aliphatic rings. The van der Waals surface area contributed by atoms with Gasteiger partial charge >= 0.3 is 0 Å². The molecule has 2 aromatic rings. The molecular weight excluding hydrogens is 315 g/mol. The molecule has 0 amide bonds. The number of hydrogen-bond donors (Lipinski definition) is 0. The minimum atomic E-state index is -2.25. The highest BCUT2D eigenvalue weighted by molar-refractivity contribution is 7.15. The first-order valence-corrected chi connectivity index (χ1v) is 5.73. The van der Waals surface area contributed by atoms with Crippen LogP contribution in [-0.4, -0.2) is 10.2 Å². The van der Waals surface area contributed by atoms with E-state index in [1.54, 1.807) is 0 Å². The van der Waals surface area contributed by atoms with Gasteiger partial charge in [0.25, 0.3) is 0 Å². The van der Waals surface area contributed by atoms with Gasteiger partial charge in [0.15, 0.2) is 10.8 Å². The molecule has 0 saturated heterocycles. The van der Waals surface area contributed by atoms with Gasteiger partial charge < -0.3 is 4.74 Å². The lowest BCUT2D eigenvalue weighted by atomic mass is 10.2. The van der Waals surface area contributed by atoms with Gasteiger partial charge in [0, 0.05) is 0 Å². The molecule has 1 heterocycles. The van der Waals surface area contributed by atoms with Crippen molar-refractivity contribution in [1.29, 1.82) is 0 Å². The quantitative estimate of drug-likeness (QED) is 0.494. The lowest BCUT2D eigenvalue weighted by Gasteiger charge is -2.08. The highest BCUT2D eigenvalue weighted by atomic mass is 35.5. The lowest BCUT2D eigenvalue weighted by Crippen LogP contribution is -2.07. The van der Waals surface area contributed by atoms with Crippen LogP contribution in [0.25, 0.3) is 0 Å². The van der Waals surface area contributed by atoms with Crippen molar-refractivity contribution >= 4 is 22.9 Å². The van der Waals surface area contributed by atoms with Gasteiger partial charge in [-0.1, -0.05) is 11.3 Å². The number of aromatic nitrogens is 2. The van der Waals surface area contributed by atoms with Crippen LogP contribution in [0.2, 0.25) is 4.47 Å². The van der Waals surface area contributed by atoms with Crippen LogP contribution in [0.4, 0.5) is 22.0 Å². The van der Waals surface area contributed by atoms with Crippen LogP contribution in [-0.2, 0) is 6.61 Å². The molecular formula is C9H2ClF5N2OS. The van der Waals surface area contributed by atoms with Crippen molar-refractivity contribution in [3.05, 3.63) is 38.6 Å². The summed E-state index contributed by atoms with van der Waals surface area (Å²) in [6, 6.07) is 0. The maximum absolute atomic E-state index is 13.2. The van der Waals surface area contributed by atoms with E-state index in [2.05, 4.69) is 14.9 Å². The highest BCUT2D eigenvalue weighted by Gasteiger charge is 2.27. The van der Waals surface area contributed by atoms with E-state index in [0.717, 1.165) is 11.3 Å². The van der Waals surface area contributed by atoms with Crippen LogP contribution in [0.1, 0.15) is 5.01 Å². The zero-order valence-electron chi connectivity index (χ0n) is 8.69. The molecule has 0 atom stereocenters. The van der Waals surface area contributed by atoms with Crippen LogP contribution in [0, 0.1) is 29.1 Å². The Balaban J connectivity index is 2.30. The lowest BCUT2D eigenvalue weighted by molar-refractivity contribution is 0.252. The first-order valence-electron chi connectivity index (χ1n) is 4.54. The van der Waals surface area contributed by atoms with Gasteiger partial charge in [0.05, 0.1) is 0 Å². The summed E-state index contributed by atoms with van der Waals surface area (Å²) in [5.74, 6) is -11.9. The van der Waals surface area contributed by atoms with Gasteiger partial charge in [0.2, 0.25) is 33.6 Å². The largest absolute Gasteiger partial charge is 0.480 e. The molecule has 19 heavy (non-hydrogen) atoms. The molecule has 0 radical (unpaired) electrons. The minimum absolute atomic E-state index is 0.0519. The van der Waals surface area contributed by atoms with E-state index in [1.807, 2.05) is 0 Å². The monoisotopic (exact) mass is 316 g/mol. The number of benzene rings is 1. The third-order valence-corrected chi connectivity index (χ3v) is 2.94. The number of rotatable bonds is 3. The number of ether oxygens (including phenoxy) is 1. The van der Waals surface area contributed by atoms with Gasteiger partial charge in [-0.2, -0.15) is 8.78 Å². The van der Waals surface area contributed by atoms with Crippen molar-refractivity contribution in [2.24, 2.45) is 0 Å². The van der Waals surface area contributed by atoms with Gasteiger partial charge in [-0.15, -0.1) is 10.2 Å². The molecule has 0 fully saturated rings. The average Bonchev–Trinajstić information content (AvgIpc) is 2.80. The van der Waals surface area contributed by atoms with Crippen molar-refractivity contribution in [3.8, 4) is 5.75 Å². The number of hydrogen-bond acceptors (Lipinski definition) is 4. The predicted molar refractivity (Wildman–Crippen MR) is 55.5 cm³/mol. The van der Waals surface area contributed by atoms with Gasteiger partial charge in [0.1, 0.15) is 6.61 Å². The van der Waals surface area contributed by atoms with Gasteiger partial charge in [-0.05, 0) is 11.6 Å². The number of nitrogens with zero attached hydrogens (tertiary/aromatic N) is 2. The second-order valence-corrected chi connectivity index (χ2v) is 4.78. The standard InChI is InChI=1S/C9H2ClF5N2OS/c10-9-17-16-2(19-9)1-18-8-6(14)4(12)3(11)5(13)7(8)15/h1H2. The van der Waals surface area contributed by atoms with Crippen molar-refractivity contribution < 1.29 is 26.7 Å². The first-order chi connectivity index (χ1) is 8.91. The third-order valence-electron chi connectivity index (χ3n) is 1.95. The summed E-state index contributed by atoms with van der Waals surface area (Å²) in [5.41, 5.74) is 0. The molecule has 102 valence electrons. The van der Waals surface area contributed by atoms with Crippen molar-refractivity contribution in [1.82, 2.24) is 10.2 Å². The molecule has 0 bridgehead atoms. The SMILES string of the molecule is Fc1c(F)c(F)c(OCc2nnc(Cl)s2)c(F)c1F. The molecule has 2 rings (SSSR count). The summed E-state index contributed by atoms with van der Waals surface area (Å²) in [7, 11) is 0. The fourth-order valence-electron chi connectivity index (χ4n) is 1.14. The van der Waals surface area contributed by atoms with E-state index in [-0.39, 0.29) is 9.47 Å². The summed E-state index contributed by atoms with van der Waals surface area (Å²) in [4.78, 5) is 0. The Morgan fingerprint density at radius 2 is 1.42 bits per heavy atom. The zero-order chi connectivity index (χ0) is 14.2. The molecule has 0 spiro atoms. The molecule has 1 aromatic carbocycles. The van der Waals surface area contributed by atoms with Gasteiger partial charge in [-0.25, -0.2) is 13.2 Å². The maximum Gasteiger partial charge on any atom is 0.207 e. The molecule has 0 aliphatic carbocycles. The first kappa shape index (κ1) is 13.9. The second-order valence-electron chi connectivity index (χ2n) is 3.14. The molecule has 0 aliphatic heterocycles. The van der Waals surface area contributed by atoms with Crippen LogP contribution in [0.15, 0.2) is 0 Å². The normalized spacial score (nSPS) is 10.8. The van der Waals surface area contributed by atoms with E-state index in [1.165, 1.54) is 0 Å². The highest BCUT2D eigenvalue weighted by Crippen LogP contribution is 2.30. The summed E-state index contributed by atoms with van der Waals surface area (Å²) in [6.45, 7) is -0.525. The van der Waals surface area contributed by atoms with Crippen molar-refractivity contribution in [3.63, 3.8) is 0 Å². The Kier molecular flexibility index (Phi) is 3.85. The minimum Gasteiger partial charge on any atom is -0.480 e. The molecule has 1 aromatic heterocycles. The van der Waals surface area contributed by atoms with Crippen LogP contribution < -0.4 is 4.74 Å². The Labute approximate surface area is 111 Å². The molecule has 3 nitrogen and oxygen atoms in total. The topological polar surface area (TPSA) is 35.0 Å². The van der Waals surface area contributed by atoms with Gasteiger partial charge in [-0.3, -0.25) is 0 Å².